The Morgan fingerprint density at radius 3 is 2.74 bits per heavy atom. The molecular formula is C15H16Cl2N2. The Morgan fingerprint density at radius 2 is 2.05 bits per heavy atom. The maximum Gasteiger partial charge on any atom is 0.0624 e. The zero-order valence-electron chi connectivity index (χ0n) is 11.0. The van der Waals surface area contributed by atoms with Crippen molar-refractivity contribution in [3.63, 3.8) is 0 Å². The van der Waals surface area contributed by atoms with Gasteiger partial charge in [-0.3, -0.25) is 4.98 Å². The molecule has 0 saturated carbocycles. The van der Waals surface area contributed by atoms with Gasteiger partial charge in [-0.15, -0.1) is 0 Å². The van der Waals surface area contributed by atoms with Gasteiger partial charge in [-0.2, -0.15) is 0 Å². The number of likely N-dealkylation sites (N-methyl/N-ethyl adjacent to an activating group) is 1. The highest BCUT2D eigenvalue weighted by Gasteiger charge is 2.13. The quantitative estimate of drug-likeness (QED) is 0.914. The van der Waals surface area contributed by atoms with Gasteiger partial charge in [0.05, 0.1) is 10.0 Å². The van der Waals surface area contributed by atoms with E-state index in [0.717, 1.165) is 17.7 Å². The lowest BCUT2D eigenvalue weighted by molar-refractivity contribution is 0.591. The first kappa shape index (κ1) is 14.3. The van der Waals surface area contributed by atoms with Crippen LogP contribution in [0, 0.1) is 6.92 Å². The minimum atomic E-state index is 0.192. The van der Waals surface area contributed by atoms with Crippen LogP contribution in [0.15, 0.2) is 36.5 Å². The van der Waals surface area contributed by atoms with Crippen molar-refractivity contribution in [3.8, 4) is 0 Å². The highest BCUT2D eigenvalue weighted by Crippen LogP contribution is 2.29. The van der Waals surface area contributed by atoms with E-state index in [9.17, 15) is 0 Å². The third kappa shape index (κ3) is 3.47. The molecule has 2 nitrogen and oxygen atoms in total. The van der Waals surface area contributed by atoms with Crippen molar-refractivity contribution in [2.24, 2.45) is 0 Å². The van der Waals surface area contributed by atoms with Crippen molar-refractivity contribution < 1.29 is 0 Å². The van der Waals surface area contributed by atoms with Gasteiger partial charge >= 0.3 is 0 Å². The zero-order chi connectivity index (χ0) is 13.8. The van der Waals surface area contributed by atoms with Gasteiger partial charge in [0, 0.05) is 17.9 Å². The molecule has 1 aromatic carbocycles. The summed E-state index contributed by atoms with van der Waals surface area (Å²) in [6.45, 7) is 1.99. The van der Waals surface area contributed by atoms with E-state index in [2.05, 4.69) is 16.4 Å². The molecule has 4 heteroatoms. The van der Waals surface area contributed by atoms with Crippen molar-refractivity contribution in [2.45, 2.75) is 19.4 Å². The number of hydrogen-bond acceptors (Lipinski definition) is 2. The molecular weight excluding hydrogens is 279 g/mol. The maximum atomic E-state index is 6.24. The summed E-state index contributed by atoms with van der Waals surface area (Å²) in [5.41, 5.74) is 3.25. The Kier molecular flexibility index (Phi) is 4.81. The fourth-order valence-electron chi connectivity index (χ4n) is 2.10. The number of pyridine rings is 1. The molecule has 1 aromatic heterocycles. The van der Waals surface area contributed by atoms with Crippen molar-refractivity contribution in [2.75, 3.05) is 7.05 Å². The lowest BCUT2D eigenvalue weighted by Gasteiger charge is -2.18. The van der Waals surface area contributed by atoms with Gasteiger partial charge in [-0.05, 0) is 49.7 Å². The average molecular weight is 295 g/mol. The van der Waals surface area contributed by atoms with Gasteiger partial charge in [0.15, 0.2) is 0 Å². The van der Waals surface area contributed by atoms with E-state index < -0.39 is 0 Å². The third-order valence-electron chi connectivity index (χ3n) is 3.13. The van der Waals surface area contributed by atoms with Gasteiger partial charge in [0.1, 0.15) is 0 Å². The first-order chi connectivity index (χ1) is 9.11. The van der Waals surface area contributed by atoms with Crippen LogP contribution in [0.4, 0.5) is 0 Å². The van der Waals surface area contributed by atoms with Crippen LogP contribution in [0.3, 0.4) is 0 Å². The first-order valence-corrected chi connectivity index (χ1v) is 6.90. The molecule has 0 spiro atoms. The summed E-state index contributed by atoms with van der Waals surface area (Å²) in [7, 11) is 1.94. The van der Waals surface area contributed by atoms with E-state index in [-0.39, 0.29) is 6.04 Å². The smallest absolute Gasteiger partial charge is 0.0624 e. The van der Waals surface area contributed by atoms with Gasteiger partial charge in [0.2, 0.25) is 0 Å². The van der Waals surface area contributed by atoms with E-state index in [1.807, 2.05) is 38.4 Å². The van der Waals surface area contributed by atoms with Crippen LogP contribution >= 0.6 is 23.2 Å². The topological polar surface area (TPSA) is 24.9 Å². The van der Waals surface area contributed by atoms with Crippen molar-refractivity contribution in [1.29, 1.82) is 0 Å². The summed E-state index contributed by atoms with van der Waals surface area (Å²) in [4.78, 5) is 4.22. The standard InChI is InChI=1S/C15H16Cl2N2/c1-10-8-11(6-7-19-10)14(18-2)9-12-4-3-5-13(16)15(12)17/h3-8,14,18H,9H2,1-2H3. The van der Waals surface area contributed by atoms with Crippen molar-refractivity contribution in [3.05, 3.63) is 63.4 Å². The molecule has 0 aliphatic heterocycles. The van der Waals surface area contributed by atoms with Gasteiger partial charge in [-0.25, -0.2) is 0 Å². The third-order valence-corrected chi connectivity index (χ3v) is 3.99. The number of benzene rings is 1. The lowest BCUT2D eigenvalue weighted by Crippen LogP contribution is -2.19. The van der Waals surface area contributed by atoms with Crippen LogP contribution < -0.4 is 5.32 Å². The lowest BCUT2D eigenvalue weighted by atomic mass is 9.99. The molecule has 0 bridgehead atoms. The van der Waals surface area contributed by atoms with E-state index in [4.69, 9.17) is 23.2 Å². The van der Waals surface area contributed by atoms with Crippen LogP contribution in [0.25, 0.3) is 0 Å². The fourth-order valence-corrected chi connectivity index (χ4v) is 2.49. The van der Waals surface area contributed by atoms with Gasteiger partial charge < -0.3 is 5.32 Å². The number of aromatic nitrogens is 1. The number of rotatable bonds is 4. The predicted octanol–water partition coefficient (Wildman–Crippen LogP) is 4.20. The van der Waals surface area contributed by atoms with Crippen LogP contribution in [0.1, 0.15) is 22.9 Å². The predicted molar refractivity (Wildman–Crippen MR) is 80.9 cm³/mol. The summed E-state index contributed by atoms with van der Waals surface area (Å²) in [6, 6.07) is 10.0. The van der Waals surface area contributed by atoms with Crippen molar-refractivity contribution in [1.82, 2.24) is 10.3 Å². The molecule has 2 rings (SSSR count). The van der Waals surface area contributed by atoms with E-state index in [1.165, 1.54) is 5.56 Å². The minimum Gasteiger partial charge on any atom is -0.313 e. The molecule has 0 radical (unpaired) electrons. The van der Waals surface area contributed by atoms with E-state index >= 15 is 0 Å². The Balaban J connectivity index is 2.26. The van der Waals surface area contributed by atoms with Crippen LogP contribution in [-0.2, 0) is 6.42 Å². The number of nitrogens with zero attached hydrogens (tertiary/aromatic N) is 1. The Hall–Kier alpha value is -1.09. The molecule has 2 aromatic rings. The highest BCUT2D eigenvalue weighted by atomic mass is 35.5. The molecule has 0 amide bonds. The Labute approximate surface area is 123 Å². The molecule has 1 atom stereocenters. The summed E-state index contributed by atoms with van der Waals surface area (Å²) in [6.07, 6.45) is 2.62. The molecule has 0 aliphatic carbocycles. The summed E-state index contributed by atoms with van der Waals surface area (Å²) in [5, 5.41) is 4.54. The van der Waals surface area contributed by atoms with Crippen LogP contribution in [0.5, 0.6) is 0 Å². The van der Waals surface area contributed by atoms with E-state index in [1.54, 1.807) is 6.07 Å². The molecule has 0 saturated heterocycles. The molecule has 1 unspecified atom stereocenters. The van der Waals surface area contributed by atoms with Crippen LogP contribution in [-0.4, -0.2) is 12.0 Å². The minimum absolute atomic E-state index is 0.192. The normalized spacial score (nSPS) is 12.4. The van der Waals surface area contributed by atoms with Crippen molar-refractivity contribution >= 4 is 23.2 Å². The maximum absolute atomic E-state index is 6.24. The largest absolute Gasteiger partial charge is 0.313 e. The second kappa shape index (κ2) is 6.38. The molecule has 100 valence electrons. The number of nitrogens with one attached hydrogen (secondary N) is 1. The van der Waals surface area contributed by atoms with Gasteiger partial charge in [-0.1, -0.05) is 35.3 Å². The summed E-state index contributed by atoms with van der Waals surface area (Å²) in [5.74, 6) is 0. The second-order valence-corrected chi connectivity index (χ2v) is 5.27. The Bertz CT molecular complexity index is 570. The van der Waals surface area contributed by atoms with Crippen LogP contribution in [0.2, 0.25) is 10.0 Å². The summed E-state index contributed by atoms with van der Waals surface area (Å²) < 4.78 is 0. The Morgan fingerprint density at radius 1 is 1.26 bits per heavy atom. The molecule has 1 heterocycles. The number of aryl methyl sites for hydroxylation is 1. The first-order valence-electron chi connectivity index (χ1n) is 6.14. The number of halogens is 2. The molecule has 1 N–H and O–H groups in total. The monoisotopic (exact) mass is 294 g/mol. The SMILES string of the molecule is CNC(Cc1cccc(Cl)c1Cl)c1ccnc(C)c1. The average Bonchev–Trinajstić information content (AvgIpc) is 2.40. The second-order valence-electron chi connectivity index (χ2n) is 4.49. The highest BCUT2D eigenvalue weighted by molar-refractivity contribution is 6.42. The molecule has 0 fully saturated rings. The number of hydrogen-bond donors (Lipinski definition) is 1. The fraction of sp³-hybridized carbons (Fsp3) is 0.267. The molecule has 19 heavy (non-hydrogen) atoms. The van der Waals surface area contributed by atoms with E-state index in [0.29, 0.717) is 10.0 Å². The zero-order valence-corrected chi connectivity index (χ0v) is 12.5. The van der Waals surface area contributed by atoms with Gasteiger partial charge in [0.25, 0.3) is 0 Å². The summed E-state index contributed by atoms with van der Waals surface area (Å²) >= 11 is 12.3. The molecule has 0 aliphatic rings.